The summed E-state index contributed by atoms with van der Waals surface area (Å²) in [6.45, 7) is 2.35. The fraction of sp³-hybridized carbons (Fsp3) is 0.619. The molecule has 1 unspecified atom stereocenters. The highest BCUT2D eigenvalue weighted by Gasteiger charge is 2.26. The molecule has 0 saturated carbocycles. The van der Waals surface area contributed by atoms with Crippen LogP contribution < -0.4 is 5.32 Å². The van der Waals surface area contributed by atoms with E-state index in [-0.39, 0.29) is 0 Å². The Balaban J connectivity index is 1.74. The molecule has 1 N–H and O–H groups in total. The van der Waals surface area contributed by atoms with E-state index in [9.17, 15) is 0 Å². The van der Waals surface area contributed by atoms with Crippen LogP contribution in [-0.4, -0.2) is 11.1 Å². The Morgan fingerprint density at radius 3 is 2.48 bits per heavy atom. The number of fused-ring (bicyclic) bond motifs is 3. The zero-order valence-electron chi connectivity index (χ0n) is 14.3. The molecule has 1 atom stereocenters. The summed E-state index contributed by atoms with van der Waals surface area (Å²) < 4.78 is 2.67. The minimum Gasteiger partial charge on any atom is -0.343 e. The Bertz CT molecular complexity index is 655. The highest BCUT2D eigenvalue weighted by Crippen LogP contribution is 2.36. The first-order valence-electron chi connectivity index (χ1n) is 9.78. The number of nitrogens with zero attached hydrogens (tertiary/aromatic N) is 1. The molecule has 4 rings (SSSR count). The fourth-order valence-electron chi connectivity index (χ4n) is 4.68. The summed E-state index contributed by atoms with van der Waals surface area (Å²) in [6, 6.07) is 9.68. The van der Waals surface area contributed by atoms with Crippen LogP contribution in [0.25, 0.3) is 10.9 Å². The van der Waals surface area contributed by atoms with E-state index in [0.717, 1.165) is 6.54 Å². The highest BCUT2D eigenvalue weighted by molar-refractivity contribution is 5.86. The number of benzene rings is 1. The average molecular weight is 310 g/mol. The van der Waals surface area contributed by atoms with Crippen molar-refractivity contribution < 1.29 is 0 Å². The molecular formula is C21H30N2. The summed E-state index contributed by atoms with van der Waals surface area (Å²) in [4.78, 5) is 0. The Kier molecular flexibility index (Phi) is 4.70. The summed E-state index contributed by atoms with van der Waals surface area (Å²) in [5.41, 5.74) is 4.73. The monoisotopic (exact) mass is 310 g/mol. The van der Waals surface area contributed by atoms with E-state index in [4.69, 9.17) is 0 Å². The minimum absolute atomic E-state index is 0.576. The standard InChI is InChI=1S/C21H30N2/c1-2-4-6-10-16-23-20-13-9-8-11-17(20)18-14-15-22-19(21(18)23)12-7-5-3-1/h8-9,11,13,19,22H,1-7,10,12,14-16H2. The van der Waals surface area contributed by atoms with Crippen molar-refractivity contribution in [2.75, 3.05) is 6.54 Å². The van der Waals surface area contributed by atoms with E-state index < -0.39 is 0 Å². The smallest absolute Gasteiger partial charge is 0.0485 e. The van der Waals surface area contributed by atoms with Gasteiger partial charge in [0.1, 0.15) is 0 Å². The molecule has 1 aromatic carbocycles. The SMILES string of the molecule is c1ccc2c(c1)c1c3n2CCCCCCCCCCC3NCC1. The maximum atomic E-state index is 3.82. The lowest BCUT2D eigenvalue weighted by Gasteiger charge is -2.27. The van der Waals surface area contributed by atoms with Gasteiger partial charge in [-0.3, -0.25) is 0 Å². The van der Waals surface area contributed by atoms with Gasteiger partial charge in [0, 0.05) is 29.2 Å². The van der Waals surface area contributed by atoms with Crippen LogP contribution in [0.3, 0.4) is 0 Å². The van der Waals surface area contributed by atoms with Crippen molar-refractivity contribution in [1.82, 2.24) is 9.88 Å². The van der Waals surface area contributed by atoms with Crippen molar-refractivity contribution in [2.24, 2.45) is 0 Å². The summed E-state index contributed by atoms with van der Waals surface area (Å²) in [6.07, 6.45) is 13.7. The first-order chi connectivity index (χ1) is 11.4. The topological polar surface area (TPSA) is 17.0 Å². The first-order valence-corrected chi connectivity index (χ1v) is 9.78. The molecule has 2 heteroatoms. The van der Waals surface area contributed by atoms with E-state index in [1.807, 2.05) is 0 Å². The molecular weight excluding hydrogens is 280 g/mol. The van der Waals surface area contributed by atoms with E-state index in [2.05, 4.69) is 34.1 Å². The van der Waals surface area contributed by atoms with Gasteiger partial charge >= 0.3 is 0 Å². The van der Waals surface area contributed by atoms with Crippen molar-refractivity contribution in [3.8, 4) is 0 Å². The van der Waals surface area contributed by atoms with Gasteiger partial charge in [-0.25, -0.2) is 0 Å². The zero-order chi connectivity index (χ0) is 15.5. The molecule has 1 aromatic heterocycles. The third kappa shape index (κ3) is 3.06. The number of rotatable bonds is 0. The normalized spacial score (nSPS) is 23.6. The molecule has 0 aliphatic carbocycles. The molecule has 2 aliphatic rings. The first kappa shape index (κ1) is 15.3. The molecule has 3 heterocycles. The molecule has 0 radical (unpaired) electrons. The summed E-state index contributed by atoms with van der Waals surface area (Å²) in [5, 5.41) is 5.34. The van der Waals surface area contributed by atoms with Gasteiger partial charge in [-0.1, -0.05) is 63.1 Å². The van der Waals surface area contributed by atoms with Crippen LogP contribution >= 0.6 is 0 Å². The lowest BCUT2D eigenvalue weighted by molar-refractivity contribution is 0.426. The zero-order valence-corrected chi connectivity index (χ0v) is 14.3. The van der Waals surface area contributed by atoms with Crippen molar-refractivity contribution in [3.63, 3.8) is 0 Å². The van der Waals surface area contributed by atoms with Crippen molar-refractivity contribution in [1.29, 1.82) is 0 Å². The average Bonchev–Trinajstić information content (AvgIpc) is 2.92. The van der Waals surface area contributed by atoms with E-state index in [1.54, 1.807) is 11.3 Å². The second kappa shape index (κ2) is 7.09. The molecule has 2 nitrogen and oxygen atoms in total. The number of para-hydroxylation sites is 1. The third-order valence-electron chi connectivity index (χ3n) is 5.84. The summed E-state index contributed by atoms with van der Waals surface area (Å²) in [7, 11) is 0. The molecule has 23 heavy (non-hydrogen) atoms. The van der Waals surface area contributed by atoms with Crippen molar-refractivity contribution in [3.05, 3.63) is 35.5 Å². The van der Waals surface area contributed by atoms with E-state index in [1.165, 1.54) is 81.7 Å². The lowest BCUT2D eigenvalue weighted by atomic mass is 9.95. The maximum absolute atomic E-state index is 3.82. The lowest BCUT2D eigenvalue weighted by Crippen LogP contribution is -2.31. The number of nitrogens with one attached hydrogen (secondary N) is 1. The van der Waals surface area contributed by atoms with Crippen LogP contribution in [0.15, 0.2) is 24.3 Å². The number of aromatic nitrogens is 1. The molecule has 0 saturated heterocycles. The van der Waals surface area contributed by atoms with E-state index in [0.29, 0.717) is 6.04 Å². The van der Waals surface area contributed by atoms with Crippen molar-refractivity contribution >= 4 is 10.9 Å². The molecule has 0 spiro atoms. The predicted octanol–water partition coefficient (Wildman–Crippen LogP) is 5.35. The molecule has 0 fully saturated rings. The van der Waals surface area contributed by atoms with Gasteiger partial charge in [-0.2, -0.15) is 0 Å². The highest BCUT2D eigenvalue weighted by atomic mass is 15.1. The van der Waals surface area contributed by atoms with Crippen LogP contribution in [0.2, 0.25) is 0 Å². The maximum Gasteiger partial charge on any atom is 0.0485 e. The number of hydrogen-bond donors (Lipinski definition) is 1. The molecule has 2 aliphatic heterocycles. The number of hydrogen-bond acceptors (Lipinski definition) is 1. The molecule has 0 bridgehead atoms. The quantitative estimate of drug-likeness (QED) is 0.694. The van der Waals surface area contributed by atoms with Crippen LogP contribution in [0, 0.1) is 0 Å². The molecule has 124 valence electrons. The van der Waals surface area contributed by atoms with Gasteiger partial charge in [-0.15, -0.1) is 0 Å². The second-order valence-electron chi connectivity index (χ2n) is 7.41. The van der Waals surface area contributed by atoms with Crippen LogP contribution in [-0.2, 0) is 13.0 Å². The van der Waals surface area contributed by atoms with Gasteiger partial charge in [0.2, 0.25) is 0 Å². The van der Waals surface area contributed by atoms with Crippen LogP contribution in [0.4, 0.5) is 0 Å². The van der Waals surface area contributed by atoms with Crippen LogP contribution in [0.5, 0.6) is 0 Å². The predicted molar refractivity (Wildman–Crippen MR) is 97.9 cm³/mol. The van der Waals surface area contributed by atoms with Crippen molar-refractivity contribution in [2.45, 2.75) is 76.8 Å². The third-order valence-corrected chi connectivity index (χ3v) is 5.84. The Morgan fingerprint density at radius 1 is 0.870 bits per heavy atom. The summed E-state index contributed by atoms with van der Waals surface area (Å²) >= 11 is 0. The molecule has 0 amide bonds. The Morgan fingerprint density at radius 2 is 1.61 bits per heavy atom. The number of aryl methyl sites for hydroxylation is 1. The fourth-order valence-corrected chi connectivity index (χ4v) is 4.68. The van der Waals surface area contributed by atoms with Gasteiger partial charge < -0.3 is 9.88 Å². The minimum atomic E-state index is 0.576. The van der Waals surface area contributed by atoms with Gasteiger partial charge in [0.15, 0.2) is 0 Å². The van der Waals surface area contributed by atoms with E-state index >= 15 is 0 Å². The van der Waals surface area contributed by atoms with Crippen LogP contribution in [0.1, 0.15) is 75.1 Å². The largest absolute Gasteiger partial charge is 0.343 e. The Labute approximate surface area is 140 Å². The molecule has 2 aromatic rings. The van der Waals surface area contributed by atoms with Gasteiger partial charge in [0.25, 0.3) is 0 Å². The Hall–Kier alpha value is -1.28. The summed E-state index contributed by atoms with van der Waals surface area (Å²) in [5.74, 6) is 0. The van der Waals surface area contributed by atoms with Gasteiger partial charge in [-0.05, 0) is 37.4 Å². The second-order valence-corrected chi connectivity index (χ2v) is 7.41. The van der Waals surface area contributed by atoms with Gasteiger partial charge in [0.05, 0.1) is 0 Å².